The highest BCUT2D eigenvalue weighted by Crippen LogP contribution is 2.30. The van der Waals surface area contributed by atoms with Crippen LogP contribution in [0.3, 0.4) is 0 Å². The highest BCUT2D eigenvalue weighted by molar-refractivity contribution is 14.1. The van der Waals surface area contributed by atoms with E-state index in [0.717, 1.165) is 13.1 Å². The minimum Gasteiger partial charge on any atom is -0.365 e. The van der Waals surface area contributed by atoms with Crippen LogP contribution >= 0.6 is 38.5 Å². The molecule has 2 rings (SSSR count). The molecule has 0 saturated carbocycles. The summed E-state index contributed by atoms with van der Waals surface area (Å²) in [4.78, 5) is 2.58. The van der Waals surface area contributed by atoms with Crippen LogP contribution in [0.1, 0.15) is 26.7 Å². The molecule has 18 heavy (non-hydrogen) atoms. The summed E-state index contributed by atoms with van der Waals surface area (Å²) in [6.07, 6.45) is 2.38. The Hall–Kier alpha value is 0.190. The van der Waals surface area contributed by atoms with Gasteiger partial charge in [-0.15, -0.1) is 0 Å². The highest BCUT2D eigenvalue weighted by Gasteiger charge is 2.27. The summed E-state index contributed by atoms with van der Waals surface area (Å²) >= 11 is 6.03. The molecule has 4 heteroatoms. The molecule has 0 bridgehead atoms. The van der Waals surface area contributed by atoms with Crippen LogP contribution in [0.15, 0.2) is 22.7 Å². The van der Waals surface area contributed by atoms with Crippen LogP contribution in [-0.2, 0) is 0 Å². The van der Waals surface area contributed by atoms with Gasteiger partial charge in [-0.05, 0) is 53.6 Å². The zero-order valence-corrected chi connectivity index (χ0v) is 14.7. The molecular formula is C14H20BrIN2. The molecule has 1 aromatic carbocycles. The quantitative estimate of drug-likeness (QED) is 0.740. The predicted octanol–water partition coefficient (Wildman–Crippen LogP) is 4.02. The van der Waals surface area contributed by atoms with Crippen molar-refractivity contribution in [3.05, 3.63) is 26.2 Å². The summed E-state index contributed by atoms with van der Waals surface area (Å²) in [5.74, 6) is 0. The molecule has 2 nitrogen and oxygen atoms in total. The Kier molecular flexibility index (Phi) is 5.33. The Morgan fingerprint density at radius 3 is 2.83 bits per heavy atom. The van der Waals surface area contributed by atoms with E-state index in [1.165, 1.54) is 26.6 Å². The Balaban J connectivity index is 2.29. The third-order valence-electron chi connectivity index (χ3n) is 3.68. The van der Waals surface area contributed by atoms with Gasteiger partial charge in [-0.1, -0.05) is 29.8 Å². The molecule has 1 N–H and O–H groups in total. The summed E-state index contributed by atoms with van der Waals surface area (Å²) in [5.41, 5.74) is 1.37. The van der Waals surface area contributed by atoms with Crippen molar-refractivity contribution < 1.29 is 0 Å². The Morgan fingerprint density at radius 1 is 1.39 bits per heavy atom. The molecule has 100 valence electrons. The van der Waals surface area contributed by atoms with Crippen LogP contribution < -0.4 is 10.2 Å². The molecule has 2 unspecified atom stereocenters. The maximum absolute atomic E-state index is 3.65. The first-order valence-corrected chi connectivity index (χ1v) is 8.48. The number of halogens is 2. The van der Waals surface area contributed by atoms with Crippen molar-refractivity contribution in [1.82, 2.24) is 5.32 Å². The number of hydrogen-bond donors (Lipinski definition) is 1. The van der Waals surface area contributed by atoms with Gasteiger partial charge in [0, 0.05) is 33.2 Å². The zero-order valence-electron chi connectivity index (χ0n) is 10.9. The summed E-state index contributed by atoms with van der Waals surface area (Å²) in [5, 5.41) is 3.65. The van der Waals surface area contributed by atoms with Gasteiger partial charge in [-0.3, -0.25) is 0 Å². The van der Waals surface area contributed by atoms with Gasteiger partial charge in [0.05, 0.1) is 5.69 Å². The van der Waals surface area contributed by atoms with Crippen LogP contribution in [0.5, 0.6) is 0 Å². The number of piperazine rings is 1. The number of rotatable bonds is 3. The second-order valence-corrected chi connectivity index (χ2v) is 6.90. The normalized spacial score (nSPS) is 24.3. The topological polar surface area (TPSA) is 15.3 Å². The van der Waals surface area contributed by atoms with E-state index in [1.54, 1.807) is 0 Å². The SMILES string of the molecule is CCC1CN(c2cc(Br)ccc2I)C(CC)CN1. The number of nitrogens with zero attached hydrogens (tertiary/aromatic N) is 1. The van der Waals surface area contributed by atoms with Crippen LogP contribution in [-0.4, -0.2) is 25.2 Å². The van der Waals surface area contributed by atoms with E-state index < -0.39 is 0 Å². The smallest absolute Gasteiger partial charge is 0.0516 e. The molecule has 1 aliphatic rings. The van der Waals surface area contributed by atoms with Crippen LogP contribution in [0.4, 0.5) is 5.69 Å². The van der Waals surface area contributed by atoms with E-state index in [0.29, 0.717) is 12.1 Å². The van der Waals surface area contributed by atoms with Crippen molar-refractivity contribution in [2.45, 2.75) is 38.8 Å². The third kappa shape index (κ3) is 3.20. The van der Waals surface area contributed by atoms with Crippen molar-refractivity contribution >= 4 is 44.2 Å². The summed E-state index contributed by atoms with van der Waals surface area (Å²) in [6, 6.07) is 7.78. The van der Waals surface area contributed by atoms with Gasteiger partial charge in [0.1, 0.15) is 0 Å². The molecule has 1 saturated heterocycles. The van der Waals surface area contributed by atoms with E-state index in [4.69, 9.17) is 0 Å². The average molecular weight is 423 g/mol. The van der Waals surface area contributed by atoms with Crippen molar-refractivity contribution in [3.8, 4) is 0 Å². The zero-order chi connectivity index (χ0) is 13.1. The maximum Gasteiger partial charge on any atom is 0.0516 e. The minimum absolute atomic E-state index is 0.607. The average Bonchev–Trinajstić information content (AvgIpc) is 2.40. The first kappa shape index (κ1) is 14.6. The summed E-state index contributed by atoms with van der Waals surface area (Å²) in [7, 11) is 0. The van der Waals surface area contributed by atoms with Gasteiger partial charge >= 0.3 is 0 Å². The lowest BCUT2D eigenvalue weighted by Crippen LogP contribution is -2.56. The summed E-state index contributed by atoms with van der Waals surface area (Å²) in [6.45, 7) is 6.74. The van der Waals surface area contributed by atoms with Gasteiger partial charge in [-0.25, -0.2) is 0 Å². The fourth-order valence-corrected chi connectivity index (χ4v) is 3.50. The van der Waals surface area contributed by atoms with Gasteiger partial charge in [0.25, 0.3) is 0 Å². The molecule has 1 aliphatic heterocycles. The van der Waals surface area contributed by atoms with Gasteiger partial charge < -0.3 is 10.2 Å². The first-order valence-electron chi connectivity index (χ1n) is 6.60. The number of hydrogen-bond acceptors (Lipinski definition) is 2. The molecule has 0 amide bonds. The molecule has 0 aliphatic carbocycles. The molecule has 1 aromatic rings. The van der Waals surface area contributed by atoms with E-state index in [-0.39, 0.29) is 0 Å². The summed E-state index contributed by atoms with van der Waals surface area (Å²) < 4.78 is 2.50. The Bertz CT molecular complexity index is 411. The largest absolute Gasteiger partial charge is 0.365 e. The van der Waals surface area contributed by atoms with E-state index in [1.807, 2.05) is 0 Å². The van der Waals surface area contributed by atoms with Gasteiger partial charge in [0.2, 0.25) is 0 Å². The fourth-order valence-electron chi connectivity index (χ4n) is 2.50. The lowest BCUT2D eigenvalue weighted by molar-refractivity contribution is 0.378. The molecule has 1 heterocycles. The number of nitrogens with one attached hydrogen (secondary N) is 1. The lowest BCUT2D eigenvalue weighted by Gasteiger charge is -2.42. The number of benzene rings is 1. The first-order chi connectivity index (χ1) is 8.65. The van der Waals surface area contributed by atoms with Crippen molar-refractivity contribution in [2.24, 2.45) is 0 Å². The molecule has 0 aromatic heterocycles. The third-order valence-corrected chi connectivity index (χ3v) is 5.09. The molecule has 2 atom stereocenters. The highest BCUT2D eigenvalue weighted by atomic mass is 127. The molecule has 1 fully saturated rings. The number of anilines is 1. The van der Waals surface area contributed by atoms with Gasteiger partial charge in [0.15, 0.2) is 0 Å². The molecule has 0 spiro atoms. The van der Waals surface area contributed by atoms with E-state index >= 15 is 0 Å². The monoisotopic (exact) mass is 422 g/mol. The lowest BCUT2D eigenvalue weighted by atomic mass is 10.0. The van der Waals surface area contributed by atoms with Crippen LogP contribution in [0, 0.1) is 3.57 Å². The van der Waals surface area contributed by atoms with Crippen LogP contribution in [0.25, 0.3) is 0 Å². The second-order valence-electron chi connectivity index (χ2n) is 4.82. The Morgan fingerprint density at radius 2 is 2.17 bits per heavy atom. The predicted molar refractivity (Wildman–Crippen MR) is 90.4 cm³/mol. The fraction of sp³-hybridized carbons (Fsp3) is 0.571. The molecule has 0 radical (unpaired) electrons. The van der Waals surface area contributed by atoms with Crippen molar-refractivity contribution in [1.29, 1.82) is 0 Å². The standard InChI is InChI=1S/C14H20BrIN2/c1-3-11-9-18(12(4-2)8-17-11)14-7-10(15)5-6-13(14)16/h5-7,11-12,17H,3-4,8-9H2,1-2H3. The van der Waals surface area contributed by atoms with Gasteiger partial charge in [-0.2, -0.15) is 0 Å². The van der Waals surface area contributed by atoms with Crippen molar-refractivity contribution in [2.75, 3.05) is 18.0 Å². The Labute approximate surface area is 132 Å². The van der Waals surface area contributed by atoms with Crippen LogP contribution in [0.2, 0.25) is 0 Å². The van der Waals surface area contributed by atoms with E-state index in [2.05, 4.69) is 80.8 Å². The van der Waals surface area contributed by atoms with E-state index in [9.17, 15) is 0 Å². The van der Waals surface area contributed by atoms with Crippen molar-refractivity contribution in [3.63, 3.8) is 0 Å². The second kappa shape index (κ2) is 6.57. The maximum atomic E-state index is 3.65. The molecular weight excluding hydrogens is 403 g/mol. The minimum atomic E-state index is 0.607.